The Morgan fingerprint density at radius 3 is 2.33 bits per heavy atom. The lowest BCUT2D eigenvalue weighted by Gasteiger charge is -1.98. The third kappa shape index (κ3) is 2.15. The minimum absolute atomic E-state index is 0.144. The zero-order valence-electron chi connectivity index (χ0n) is 6.57. The summed E-state index contributed by atoms with van der Waals surface area (Å²) in [7, 11) is 1.36. The molecular weight excluding hydrogens is 200 g/mol. The average Bonchev–Trinajstić information content (AvgIpc) is 1.82. The molecule has 0 aliphatic heterocycles. The van der Waals surface area contributed by atoms with Crippen molar-refractivity contribution in [2.75, 3.05) is 0 Å². The summed E-state index contributed by atoms with van der Waals surface area (Å²) >= 11 is 0. The van der Waals surface area contributed by atoms with Crippen molar-refractivity contribution in [2.45, 2.75) is 18.9 Å². The van der Waals surface area contributed by atoms with Crippen molar-refractivity contribution in [2.24, 2.45) is 0 Å². The molecule has 4 nitrogen and oxygen atoms in total. The molecule has 0 aliphatic carbocycles. The van der Waals surface area contributed by atoms with Crippen LogP contribution in [0.2, 0.25) is 0 Å². The van der Waals surface area contributed by atoms with E-state index >= 15 is 0 Å². The molecule has 0 spiro atoms. The second-order valence-corrected chi connectivity index (χ2v) is 4.85. The lowest BCUT2D eigenvalue weighted by molar-refractivity contribution is 0.605. The van der Waals surface area contributed by atoms with E-state index in [-0.39, 0.29) is 5.03 Å². The van der Waals surface area contributed by atoms with Gasteiger partial charge in [-0.1, -0.05) is 0 Å². The van der Waals surface area contributed by atoms with Crippen molar-refractivity contribution >= 4 is 19.7 Å². The number of aryl methyl sites for hydroxylation is 2. The monoisotopic (exact) mass is 206 g/mol. The molecule has 1 aromatic rings. The molecule has 1 rings (SSSR count). The van der Waals surface area contributed by atoms with E-state index in [1.165, 1.54) is 6.07 Å². The van der Waals surface area contributed by atoms with Gasteiger partial charge in [0.15, 0.2) is 5.03 Å². The highest BCUT2D eigenvalue weighted by atomic mass is 35.7. The predicted molar refractivity (Wildman–Crippen MR) is 44.5 cm³/mol. The molecule has 1 heterocycles. The summed E-state index contributed by atoms with van der Waals surface area (Å²) in [5, 5.41) is -0.144. The molecule has 0 saturated heterocycles. The molecule has 0 radical (unpaired) electrons. The van der Waals surface area contributed by atoms with Crippen LogP contribution in [0.3, 0.4) is 0 Å². The Hall–Kier alpha value is -0.680. The highest BCUT2D eigenvalue weighted by Crippen LogP contribution is 2.12. The van der Waals surface area contributed by atoms with Crippen LogP contribution in [0.25, 0.3) is 0 Å². The molecule has 66 valence electrons. The van der Waals surface area contributed by atoms with Gasteiger partial charge in [0.2, 0.25) is 0 Å². The van der Waals surface area contributed by atoms with E-state index < -0.39 is 9.05 Å². The Kier molecular flexibility index (Phi) is 2.34. The Bertz CT molecular complexity index is 382. The minimum atomic E-state index is -3.73. The van der Waals surface area contributed by atoms with Gasteiger partial charge >= 0.3 is 0 Å². The summed E-state index contributed by atoms with van der Waals surface area (Å²) in [5.41, 5.74) is 0.585. The van der Waals surface area contributed by atoms with Crippen LogP contribution in [-0.4, -0.2) is 18.4 Å². The number of rotatable bonds is 1. The SMILES string of the molecule is Cc1cc(S(=O)(=O)Cl)nc(C)n1. The van der Waals surface area contributed by atoms with E-state index in [1.807, 2.05) is 0 Å². The molecule has 0 bridgehead atoms. The van der Waals surface area contributed by atoms with Gasteiger partial charge in [-0.25, -0.2) is 18.4 Å². The molecule has 0 unspecified atom stereocenters. The van der Waals surface area contributed by atoms with Gasteiger partial charge in [0.25, 0.3) is 9.05 Å². The van der Waals surface area contributed by atoms with Crippen LogP contribution in [-0.2, 0) is 9.05 Å². The zero-order chi connectivity index (χ0) is 9.35. The maximum atomic E-state index is 10.8. The normalized spacial score (nSPS) is 11.6. The number of hydrogen-bond donors (Lipinski definition) is 0. The van der Waals surface area contributed by atoms with Crippen LogP contribution in [0, 0.1) is 13.8 Å². The first-order chi connectivity index (χ1) is 5.39. The molecule has 6 heteroatoms. The zero-order valence-corrected chi connectivity index (χ0v) is 8.15. The van der Waals surface area contributed by atoms with Gasteiger partial charge in [0, 0.05) is 16.4 Å². The van der Waals surface area contributed by atoms with E-state index in [0.29, 0.717) is 11.5 Å². The fourth-order valence-electron chi connectivity index (χ4n) is 0.808. The smallest absolute Gasteiger partial charge is 0.238 e. The standard InChI is InChI=1S/C6H7ClN2O2S/c1-4-3-6(12(7,10)11)9-5(2)8-4/h3H,1-2H3. The number of aromatic nitrogens is 2. The maximum absolute atomic E-state index is 10.8. The van der Waals surface area contributed by atoms with Gasteiger partial charge in [-0.3, -0.25) is 0 Å². The summed E-state index contributed by atoms with van der Waals surface area (Å²) in [6.07, 6.45) is 0. The summed E-state index contributed by atoms with van der Waals surface area (Å²) in [5.74, 6) is 0.397. The minimum Gasteiger partial charge on any atom is -0.238 e. The van der Waals surface area contributed by atoms with Crippen molar-refractivity contribution in [3.05, 3.63) is 17.6 Å². The third-order valence-corrected chi connectivity index (χ3v) is 2.38. The van der Waals surface area contributed by atoms with E-state index in [9.17, 15) is 8.42 Å². The predicted octanol–water partition coefficient (Wildman–Crippen LogP) is 1.02. The Balaban J connectivity index is 3.37. The Morgan fingerprint density at radius 1 is 1.33 bits per heavy atom. The molecule has 0 aromatic carbocycles. The maximum Gasteiger partial charge on any atom is 0.278 e. The first-order valence-electron chi connectivity index (χ1n) is 3.16. The van der Waals surface area contributed by atoms with Crippen LogP contribution < -0.4 is 0 Å². The molecule has 0 amide bonds. The first kappa shape index (κ1) is 9.41. The molecule has 0 saturated carbocycles. The lowest BCUT2D eigenvalue weighted by Crippen LogP contribution is -2.00. The van der Waals surface area contributed by atoms with Gasteiger partial charge in [-0.05, 0) is 19.9 Å². The van der Waals surface area contributed by atoms with Crippen molar-refractivity contribution in [3.8, 4) is 0 Å². The molecule has 0 fully saturated rings. The van der Waals surface area contributed by atoms with Crippen LogP contribution in [0.15, 0.2) is 11.1 Å². The Morgan fingerprint density at radius 2 is 1.92 bits per heavy atom. The number of hydrogen-bond acceptors (Lipinski definition) is 4. The summed E-state index contributed by atoms with van der Waals surface area (Å²) in [6, 6.07) is 1.33. The molecule has 0 aliphatic rings. The van der Waals surface area contributed by atoms with E-state index in [4.69, 9.17) is 10.7 Å². The fourth-order valence-corrected chi connectivity index (χ4v) is 1.60. The topological polar surface area (TPSA) is 59.9 Å². The Labute approximate surface area is 75.0 Å². The lowest BCUT2D eigenvalue weighted by atomic mass is 10.4. The number of nitrogens with zero attached hydrogens (tertiary/aromatic N) is 2. The largest absolute Gasteiger partial charge is 0.278 e. The molecule has 12 heavy (non-hydrogen) atoms. The quantitative estimate of drug-likeness (QED) is 0.509. The second kappa shape index (κ2) is 2.99. The van der Waals surface area contributed by atoms with Crippen LogP contribution in [0.4, 0.5) is 0 Å². The van der Waals surface area contributed by atoms with Gasteiger partial charge in [0.1, 0.15) is 5.82 Å². The van der Waals surface area contributed by atoms with Gasteiger partial charge < -0.3 is 0 Å². The first-order valence-corrected chi connectivity index (χ1v) is 5.47. The summed E-state index contributed by atoms with van der Waals surface area (Å²) in [4.78, 5) is 7.59. The van der Waals surface area contributed by atoms with Gasteiger partial charge in [-0.15, -0.1) is 0 Å². The summed E-state index contributed by atoms with van der Waals surface area (Å²) in [6.45, 7) is 3.29. The van der Waals surface area contributed by atoms with E-state index in [1.54, 1.807) is 13.8 Å². The number of halogens is 1. The van der Waals surface area contributed by atoms with Crippen LogP contribution in [0.1, 0.15) is 11.5 Å². The molecular formula is C6H7ClN2O2S. The average molecular weight is 207 g/mol. The van der Waals surface area contributed by atoms with Crippen molar-refractivity contribution in [1.82, 2.24) is 9.97 Å². The summed E-state index contributed by atoms with van der Waals surface area (Å²) < 4.78 is 21.6. The molecule has 0 atom stereocenters. The van der Waals surface area contributed by atoms with Crippen molar-refractivity contribution in [1.29, 1.82) is 0 Å². The van der Waals surface area contributed by atoms with E-state index in [2.05, 4.69) is 9.97 Å². The van der Waals surface area contributed by atoms with Crippen molar-refractivity contribution in [3.63, 3.8) is 0 Å². The van der Waals surface area contributed by atoms with E-state index in [0.717, 1.165) is 0 Å². The highest BCUT2D eigenvalue weighted by Gasteiger charge is 2.12. The van der Waals surface area contributed by atoms with Gasteiger partial charge in [-0.2, -0.15) is 0 Å². The molecule has 0 N–H and O–H groups in total. The highest BCUT2D eigenvalue weighted by molar-refractivity contribution is 8.13. The fraction of sp³-hybridized carbons (Fsp3) is 0.333. The van der Waals surface area contributed by atoms with Gasteiger partial charge in [0.05, 0.1) is 0 Å². The molecule has 1 aromatic heterocycles. The van der Waals surface area contributed by atoms with Crippen molar-refractivity contribution < 1.29 is 8.42 Å². The second-order valence-electron chi connectivity index (χ2n) is 2.33. The van der Waals surface area contributed by atoms with Crippen LogP contribution >= 0.6 is 10.7 Å². The third-order valence-electron chi connectivity index (χ3n) is 1.19. The van der Waals surface area contributed by atoms with Crippen LogP contribution in [0.5, 0.6) is 0 Å².